The molecule has 21 heavy (non-hydrogen) atoms. The summed E-state index contributed by atoms with van der Waals surface area (Å²) < 4.78 is 0. The lowest BCUT2D eigenvalue weighted by Gasteiger charge is -2.08. The number of hydrogen-bond acceptors (Lipinski definition) is 4. The average molecular weight is 299 g/mol. The summed E-state index contributed by atoms with van der Waals surface area (Å²) in [4.78, 5) is 20.5. The van der Waals surface area contributed by atoms with E-state index >= 15 is 0 Å². The monoisotopic (exact) mass is 298 g/mol. The second-order valence-corrected chi connectivity index (χ2v) is 4.87. The molecule has 0 saturated heterocycles. The number of nitrogens with two attached hydrogens (primary N) is 1. The first-order chi connectivity index (χ1) is 10.1. The minimum atomic E-state index is -0.326. The first-order valence-corrected chi connectivity index (χ1v) is 6.59. The number of amides is 1. The van der Waals surface area contributed by atoms with E-state index in [0.717, 1.165) is 5.39 Å². The van der Waals surface area contributed by atoms with Gasteiger partial charge in [0.05, 0.1) is 5.56 Å². The highest BCUT2D eigenvalue weighted by Crippen LogP contribution is 2.19. The van der Waals surface area contributed by atoms with Crippen molar-refractivity contribution in [1.29, 1.82) is 0 Å². The van der Waals surface area contributed by atoms with Gasteiger partial charge in [0.25, 0.3) is 5.91 Å². The Balaban J connectivity index is 1.93. The van der Waals surface area contributed by atoms with E-state index < -0.39 is 0 Å². The third kappa shape index (κ3) is 2.78. The Morgan fingerprint density at radius 3 is 2.71 bits per heavy atom. The van der Waals surface area contributed by atoms with Crippen molar-refractivity contribution in [2.75, 3.05) is 11.1 Å². The number of benzene rings is 1. The van der Waals surface area contributed by atoms with Crippen LogP contribution in [0.4, 0.5) is 11.5 Å². The Hall–Kier alpha value is -2.66. The van der Waals surface area contributed by atoms with Gasteiger partial charge in [0.2, 0.25) is 0 Å². The quantitative estimate of drug-likeness (QED) is 0.761. The zero-order valence-electron chi connectivity index (χ0n) is 10.9. The SMILES string of the molecule is Nc1nc2ncccc2cc1C(=O)Nc1ccc(Cl)cc1. The van der Waals surface area contributed by atoms with Crippen molar-refractivity contribution in [2.24, 2.45) is 0 Å². The highest BCUT2D eigenvalue weighted by atomic mass is 35.5. The Labute approximate surface area is 125 Å². The van der Waals surface area contributed by atoms with Crippen LogP contribution >= 0.6 is 11.6 Å². The predicted octanol–water partition coefficient (Wildman–Crippen LogP) is 3.12. The molecule has 3 N–H and O–H groups in total. The number of fused-ring (bicyclic) bond motifs is 1. The maximum absolute atomic E-state index is 12.3. The number of halogens is 1. The molecule has 0 aliphatic carbocycles. The third-order valence-corrected chi connectivity index (χ3v) is 3.22. The molecule has 0 saturated carbocycles. The average Bonchev–Trinajstić information content (AvgIpc) is 2.49. The number of pyridine rings is 2. The largest absolute Gasteiger partial charge is 0.383 e. The van der Waals surface area contributed by atoms with Crippen LogP contribution in [0.1, 0.15) is 10.4 Å². The van der Waals surface area contributed by atoms with Crippen LogP contribution < -0.4 is 11.1 Å². The molecule has 3 aromatic rings. The van der Waals surface area contributed by atoms with Crippen LogP contribution in [0.15, 0.2) is 48.7 Å². The molecule has 0 aliphatic rings. The lowest BCUT2D eigenvalue weighted by molar-refractivity contribution is 0.102. The number of nitrogen functional groups attached to an aromatic ring is 1. The molecule has 2 heterocycles. The normalized spacial score (nSPS) is 10.5. The number of rotatable bonds is 2. The highest BCUT2D eigenvalue weighted by molar-refractivity contribution is 6.30. The number of carbonyl (C=O) groups excluding carboxylic acids is 1. The zero-order chi connectivity index (χ0) is 14.8. The van der Waals surface area contributed by atoms with E-state index in [-0.39, 0.29) is 11.7 Å². The van der Waals surface area contributed by atoms with Crippen molar-refractivity contribution in [2.45, 2.75) is 0 Å². The Kier molecular flexibility index (Phi) is 3.41. The van der Waals surface area contributed by atoms with Crippen molar-refractivity contribution in [3.8, 4) is 0 Å². The molecule has 5 nitrogen and oxygen atoms in total. The van der Waals surface area contributed by atoms with Crippen LogP contribution in [0, 0.1) is 0 Å². The molecule has 104 valence electrons. The van der Waals surface area contributed by atoms with E-state index in [1.165, 1.54) is 0 Å². The van der Waals surface area contributed by atoms with Gasteiger partial charge in [-0.25, -0.2) is 9.97 Å². The number of nitrogens with zero attached hydrogens (tertiary/aromatic N) is 2. The summed E-state index contributed by atoms with van der Waals surface area (Å²) in [5, 5.41) is 4.11. The van der Waals surface area contributed by atoms with Crippen molar-refractivity contribution in [1.82, 2.24) is 9.97 Å². The molecule has 6 heteroatoms. The molecule has 0 aliphatic heterocycles. The predicted molar refractivity (Wildman–Crippen MR) is 83.4 cm³/mol. The maximum Gasteiger partial charge on any atom is 0.259 e. The van der Waals surface area contributed by atoms with Crippen LogP contribution in [-0.4, -0.2) is 15.9 Å². The van der Waals surface area contributed by atoms with Crippen molar-refractivity contribution in [3.05, 3.63) is 59.2 Å². The second kappa shape index (κ2) is 5.38. The lowest BCUT2D eigenvalue weighted by atomic mass is 10.2. The summed E-state index contributed by atoms with van der Waals surface area (Å²) >= 11 is 5.81. The van der Waals surface area contributed by atoms with E-state index in [0.29, 0.717) is 21.9 Å². The van der Waals surface area contributed by atoms with Gasteiger partial charge in [0.1, 0.15) is 5.82 Å². The summed E-state index contributed by atoms with van der Waals surface area (Å²) in [7, 11) is 0. The number of anilines is 2. The molecule has 3 rings (SSSR count). The van der Waals surface area contributed by atoms with E-state index in [1.54, 1.807) is 42.6 Å². The summed E-state index contributed by atoms with van der Waals surface area (Å²) in [5.74, 6) is -0.180. The molecule has 1 aromatic carbocycles. The van der Waals surface area contributed by atoms with Crippen LogP contribution in [0.25, 0.3) is 11.0 Å². The minimum Gasteiger partial charge on any atom is -0.383 e. The highest BCUT2D eigenvalue weighted by Gasteiger charge is 2.13. The number of aromatic nitrogens is 2. The lowest BCUT2D eigenvalue weighted by Crippen LogP contribution is -2.15. The molecule has 0 spiro atoms. The first-order valence-electron chi connectivity index (χ1n) is 6.21. The van der Waals surface area contributed by atoms with Crippen molar-refractivity contribution in [3.63, 3.8) is 0 Å². The molecular weight excluding hydrogens is 288 g/mol. The number of carbonyl (C=O) groups is 1. The molecule has 0 bridgehead atoms. The summed E-state index contributed by atoms with van der Waals surface area (Å²) in [6.45, 7) is 0. The molecular formula is C15H11ClN4O. The van der Waals surface area contributed by atoms with Gasteiger partial charge in [0, 0.05) is 22.3 Å². The Morgan fingerprint density at radius 1 is 1.19 bits per heavy atom. The fraction of sp³-hybridized carbons (Fsp3) is 0. The van der Waals surface area contributed by atoms with Gasteiger partial charge in [-0.3, -0.25) is 4.79 Å². The molecule has 0 fully saturated rings. The van der Waals surface area contributed by atoms with E-state index in [2.05, 4.69) is 15.3 Å². The topological polar surface area (TPSA) is 80.9 Å². The molecule has 2 aromatic heterocycles. The van der Waals surface area contributed by atoms with Crippen LogP contribution in [0.3, 0.4) is 0 Å². The summed E-state index contributed by atoms with van der Waals surface area (Å²) in [6, 6.07) is 12.1. The van der Waals surface area contributed by atoms with Gasteiger partial charge < -0.3 is 11.1 Å². The Bertz CT molecular complexity index is 818. The van der Waals surface area contributed by atoms with Gasteiger partial charge in [-0.1, -0.05) is 11.6 Å². The van der Waals surface area contributed by atoms with Gasteiger partial charge in [-0.2, -0.15) is 0 Å². The summed E-state index contributed by atoms with van der Waals surface area (Å²) in [5.41, 5.74) is 7.29. The smallest absolute Gasteiger partial charge is 0.259 e. The molecule has 0 unspecified atom stereocenters. The van der Waals surface area contributed by atoms with Gasteiger partial charge in [-0.15, -0.1) is 0 Å². The zero-order valence-corrected chi connectivity index (χ0v) is 11.6. The molecule has 0 radical (unpaired) electrons. The minimum absolute atomic E-state index is 0.146. The molecule has 1 amide bonds. The molecule has 0 atom stereocenters. The van der Waals surface area contributed by atoms with Crippen molar-refractivity contribution >= 4 is 40.0 Å². The van der Waals surface area contributed by atoms with E-state index in [1.807, 2.05) is 6.07 Å². The fourth-order valence-electron chi connectivity index (χ4n) is 1.93. The maximum atomic E-state index is 12.3. The van der Waals surface area contributed by atoms with E-state index in [4.69, 9.17) is 17.3 Å². The van der Waals surface area contributed by atoms with Gasteiger partial charge >= 0.3 is 0 Å². The van der Waals surface area contributed by atoms with Crippen LogP contribution in [-0.2, 0) is 0 Å². The van der Waals surface area contributed by atoms with Crippen LogP contribution in [0.2, 0.25) is 5.02 Å². The van der Waals surface area contributed by atoms with Gasteiger partial charge in [-0.05, 0) is 42.5 Å². The first kappa shape index (κ1) is 13.3. The third-order valence-electron chi connectivity index (χ3n) is 2.97. The number of nitrogens with one attached hydrogen (secondary N) is 1. The fourth-order valence-corrected chi connectivity index (χ4v) is 2.06. The second-order valence-electron chi connectivity index (χ2n) is 4.43. The number of hydrogen-bond donors (Lipinski definition) is 2. The summed E-state index contributed by atoms with van der Waals surface area (Å²) in [6.07, 6.45) is 1.63. The van der Waals surface area contributed by atoms with Crippen molar-refractivity contribution < 1.29 is 4.79 Å². The van der Waals surface area contributed by atoms with E-state index in [9.17, 15) is 4.79 Å². The van der Waals surface area contributed by atoms with Crippen LogP contribution in [0.5, 0.6) is 0 Å². The Morgan fingerprint density at radius 2 is 1.95 bits per heavy atom. The standard InChI is InChI=1S/C15H11ClN4O/c16-10-3-5-11(6-4-10)19-15(21)12-8-9-2-1-7-18-14(9)20-13(12)17/h1-8H,(H,19,21)(H2,17,18,20). The van der Waals surface area contributed by atoms with Gasteiger partial charge in [0.15, 0.2) is 5.65 Å².